The molecule has 1 saturated carbocycles. The molecule has 2 aromatic rings. The van der Waals surface area contributed by atoms with Crippen molar-refractivity contribution >= 4 is 17.3 Å². The van der Waals surface area contributed by atoms with Gasteiger partial charge in [0.2, 0.25) is 0 Å². The van der Waals surface area contributed by atoms with E-state index < -0.39 is 5.66 Å². The molecule has 0 saturated heterocycles. The molecule has 5 heteroatoms. The number of hydrogen-bond donors (Lipinski definition) is 1. The van der Waals surface area contributed by atoms with Gasteiger partial charge >= 0.3 is 0 Å². The van der Waals surface area contributed by atoms with Gasteiger partial charge in [0.1, 0.15) is 0 Å². The summed E-state index contributed by atoms with van der Waals surface area (Å²) < 4.78 is 0. The van der Waals surface area contributed by atoms with E-state index in [9.17, 15) is 4.79 Å². The lowest BCUT2D eigenvalue weighted by molar-refractivity contribution is 0.0585. The van der Waals surface area contributed by atoms with Gasteiger partial charge in [-0.05, 0) is 38.0 Å². The van der Waals surface area contributed by atoms with E-state index in [0.29, 0.717) is 6.04 Å². The Balaban J connectivity index is 1.67. The first-order valence-corrected chi connectivity index (χ1v) is 10.7. The van der Waals surface area contributed by atoms with Crippen LogP contribution in [0.1, 0.15) is 54.9 Å². The summed E-state index contributed by atoms with van der Waals surface area (Å²) in [5.41, 5.74) is 3.14. The monoisotopic (exact) mass is 388 g/mol. The van der Waals surface area contributed by atoms with Crippen molar-refractivity contribution in [1.29, 1.82) is 0 Å². The molecule has 150 valence electrons. The zero-order valence-electron chi connectivity index (χ0n) is 17.1. The summed E-state index contributed by atoms with van der Waals surface area (Å²) in [6, 6.07) is 18.6. The molecule has 1 spiro atoms. The fraction of sp³-hybridized carbons (Fsp3) is 0.417. The molecule has 1 N–H and O–H groups in total. The largest absolute Gasteiger partial charge is 0.311 e. The van der Waals surface area contributed by atoms with Crippen LogP contribution in [0.4, 0.5) is 5.69 Å². The van der Waals surface area contributed by atoms with E-state index in [-0.39, 0.29) is 11.9 Å². The van der Waals surface area contributed by atoms with Gasteiger partial charge in [0.25, 0.3) is 5.91 Å². The fourth-order valence-electron chi connectivity index (χ4n) is 5.38. The molecular formula is C24H28N4O. The molecule has 5 nitrogen and oxygen atoms in total. The van der Waals surface area contributed by atoms with Crippen LogP contribution in [0.15, 0.2) is 59.7 Å². The maximum Gasteiger partial charge on any atom is 0.256 e. The summed E-state index contributed by atoms with van der Waals surface area (Å²) >= 11 is 0. The molecule has 0 radical (unpaired) electrons. The van der Waals surface area contributed by atoms with Crippen molar-refractivity contribution in [2.75, 3.05) is 12.1 Å². The number of benzene rings is 2. The Hall–Kier alpha value is -2.66. The van der Waals surface area contributed by atoms with Crippen LogP contribution in [0, 0.1) is 0 Å². The second kappa shape index (κ2) is 6.99. The van der Waals surface area contributed by atoms with Crippen LogP contribution >= 0.6 is 0 Å². The molecule has 2 atom stereocenters. The molecule has 29 heavy (non-hydrogen) atoms. The third-order valence-corrected chi connectivity index (χ3v) is 6.78. The summed E-state index contributed by atoms with van der Waals surface area (Å²) in [6.07, 6.45) is 6.22. The molecule has 0 bridgehead atoms. The van der Waals surface area contributed by atoms with E-state index >= 15 is 0 Å². The van der Waals surface area contributed by atoms with Gasteiger partial charge < -0.3 is 10.2 Å². The first-order valence-electron chi connectivity index (χ1n) is 10.7. The third-order valence-electron chi connectivity index (χ3n) is 6.78. The summed E-state index contributed by atoms with van der Waals surface area (Å²) in [5.74, 6) is 0.0573. The zero-order chi connectivity index (χ0) is 20.0. The number of nitrogens with zero attached hydrogens (tertiary/aromatic N) is 3. The molecule has 1 aliphatic carbocycles. The minimum atomic E-state index is -0.684. The van der Waals surface area contributed by atoms with Crippen molar-refractivity contribution < 1.29 is 4.79 Å². The highest BCUT2D eigenvalue weighted by molar-refractivity contribution is 6.04. The highest BCUT2D eigenvalue weighted by atomic mass is 16.2. The van der Waals surface area contributed by atoms with Crippen LogP contribution in [-0.4, -0.2) is 35.7 Å². The SMILES string of the molecule is CC1=NN(c2ccccc2)[C@@]2(c3ccccc3C(=O)N2C)[C@@H]1NC1CCCCC1. The van der Waals surface area contributed by atoms with E-state index in [1.54, 1.807) is 0 Å². The number of hydrogen-bond acceptors (Lipinski definition) is 4. The minimum absolute atomic E-state index is 0.0524. The molecule has 3 aliphatic rings. The summed E-state index contributed by atoms with van der Waals surface area (Å²) in [6.45, 7) is 2.09. The van der Waals surface area contributed by atoms with E-state index in [4.69, 9.17) is 5.10 Å². The van der Waals surface area contributed by atoms with Gasteiger partial charge in [-0.15, -0.1) is 0 Å². The molecule has 0 aromatic heterocycles. The summed E-state index contributed by atoms with van der Waals surface area (Å²) in [4.78, 5) is 15.2. The number of nitrogens with one attached hydrogen (secondary N) is 1. The van der Waals surface area contributed by atoms with E-state index in [1.165, 1.54) is 32.1 Å². The van der Waals surface area contributed by atoms with Gasteiger partial charge in [-0.25, -0.2) is 5.01 Å². The molecule has 2 heterocycles. The van der Waals surface area contributed by atoms with Gasteiger partial charge in [0, 0.05) is 24.2 Å². The number of amides is 1. The maximum absolute atomic E-state index is 13.3. The lowest BCUT2D eigenvalue weighted by atomic mass is 9.86. The Labute approximate surface area is 172 Å². The van der Waals surface area contributed by atoms with Gasteiger partial charge in [-0.1, -0.05) is 55.7 Å². The van der Waals surface area contributed by atoms with Crippen molar-refractivity contribution in [2.24, 2.45) is 5.10 Å². The second-order valence-electron chi connectivity index (χ2n) is 8.46. The van der Waals surface area contributed by atoms with Crippen molar-refractivity contribution in [3.05, 3.63) is 65.7 Å². The Kier molecular flexibility index (Phi) is 4.43. The van der Waals surface area contributed by atoms with Gasteiger partial charge in [-0.2, -0.15) is 5.10 Å². The molecule has 2 aromatic carbocycles. The number of fused-ring (bicyclic) bond motifs is 2. The standard InChI is InChI=1S/C24H28N4O/c1-17-22(25-18-11-5-3-6-12-18)24(28(26-17)19-13-7-4-8-14-19)21-16-10-9-15-20(21)23(29)27(24)2/h4,7-10,13-16,18,22,25H,3,5-6,11-12H2,1-2H3/t22-,24+/m1/s1. The zero-order valence-corrected chi connectivity index (χ0v) is 17.1. The topological polar surface area (TPSA) is 47.9 Å². The Morgan fingerprint density at radius 2 is 1.69 bits per heavy atom. The number of anilines is 1. The highest BCUT2D eigenvalue weighted by Gasteiger charge is 2.61. The average molecular weight is 389 g/mol. The quantitative estimate of drug-likeness (QED) is 0.861. The van der Waals surface area contributed by atoms with Crippen LogP contribution in [0.2, 0.25) is 0 Å². The predicted octanol–water partition coefficient (Wildman–Crippen LogP) is 4.11. The normalized spacial score (nSPS) is 26.9. The van der Waals surface area contributed by atoms with Gasteiger partial charge in [0.15, 0.2) is 5.66 Å². The van der Waals surface area contributed by atoms with Crippen molar-refractivity contribution in [1.82, 2.24) is 10.2 Å². The van der Waals surface area contributed by atoms with Gasteiger partial charge in [-0.3, -0.25) is 4.79 Å². The van der Waals surface area contributed by atoms with E-state index in [0.717, 1.165) is 22.5 Å². The van der Waals surface area contributed by atoms with Crippen LogP contribution in [0.5, 0.6) is 0 Å². The number of rotatable bonds is 3. The summed E-state index contributed by atoms with van der Waals surface area (Å²) in [5, 5.41) is 11.0. The van der Waals surface area contributed by atoms with E-state index in [1.807, 2.05) is 48.3 Å². The first-order chi connectivity index (χ1) is 14.1. The molecule has 5 rings (SSSR count). The lowest BCUT2D eigenvalue weighted by Crippen LogP contribution is -2.64. The maximum atomic E-state index is 13.3. The summed E-state index contributed by atoms with van der Waals surface area (Å²) in [7, 11) is 1.92. The fourth-order valence-corrected chi connectivity index (χ4v) is 5.38. The Bertz CT molecular complexity index is 950. The molecule has 1 amide bonds. The second-order valence-corrected chi connectivity index (χ2v) is 8.46. The number of para-hydroxylation sites is 1. The van der Waals surface area contributed by atoms with Crippen molar-refractivity contribution in [2.45, 2.75) is 56.8 Å². The van der Waals surface area contributed by atoms with E-state index in [2.05, 4.69) is 35.4 Å². The third kappa shape index (κ3) is 2.64. The average Bonchev–Trinajstić information content (AvgIpc) is 3.18. The van der Waals surface area contributed by atoms with Crippen molar-refractivity contribution in [3.63, 3.8) is 0 Å². The number of hydrazone groups is 1. The highest BCUT2D eigenvalue weighted by Crippen LogP contribution is 2.49. The smallest absolute Gasteiger partial charge is 0.256 e. The Morgan fingerprint density at radius 1 is 1.00 bits per heavy atom. The molecule has 2 aliphatic heterocycles. The van der Waals surface area contributed by atoms with Crippen LogP contribution in [-0.2, 0) is 5.66 Å². The van der Waals surface area contributed by atoms with Crippen LogP contribution < -0.4 is 10.3 Å². The van der Waals surface area contributed by atoms with Crippen LogP contribution in [0.25, 0.3) is 0 Å². The van der Waals surface area contributed by atoms with Gasteiger partial charge in [0.05, 0.1) is 17.4 Å². The van der Waals surface area contributed by atoms with Crippen LogP contribution in [0.3, 0.4) is 0 Å². The molecule has 1 fully saturated rings. The Morgan fingerprint density at radius 3 is 2.45 bits per heavy atom. The molecule has 0 unspecified atom stereocenters. The predicted molar refractivity (Wildman–Crippen MR) is 116 cm³/mol. The lowest BCUT2D eigenvalue weighted by Gasteiger charge is -2.45. The minimum Gasteiger partial charge on any atom is -0.311 e. The number of carbonyl (C=O) groups excluding carboxylic acids is 1. The first kappa shape index (κ1) is 18.4. The van der Waals surface area contributed by atoms with Crippen molar-refractivity contribution in [3.8, 4) is 0 Å². The number of likely N-dealkylation sites (N-methyl/N-ethyl adjacent to an activating group) is 1. The number of carbonyl (C=O) groups is 1. The molecular weight excluding hydrogens is 360 g/mol.